The Kier molecular flexibility index (Phi) is 6.11. The first-order chi connectivity index (χ1) is 21.5. The highest BCUT2D eigenvalue weighted by Crippen LogP contribution is 2.50. The molecule has 0 unspecified atom stereocenters. The fourth-order valence-corrected chi connectivity index (χ4v) is 7.70. The molecule has 4 heteroatoms. The third kappa shape index (κ3) is 4.37. The molecule has 0 atom stereocenters. The number of nitriles is 1. The summed E-state index contributed by atoms with van der Waals surface area (Å²) in [4.78, 5) is 12.6. The molecule has 0 aliphatic carbocycles. The molecule has 0 bridgehead atoms. The Morgan fingerprint density at radius 1 is 0.568 bits per heavy atom. The zero-order chi connectivity index (χ0) is 29.8. The van der Waals surface area contributed by atoms with Gasteiger partial charge in [0.05, 0.1) is 23.0 Å². The third-order valence-corrected chi connectivity index (χ3v) is 9.90. The van der Waals surface area contributed by atoms with Crippen LogP contribution in [0.25, 0.3) is 55.4 Å². The van der Waals surface area contributed by atoms with Gasteiger partial charge in [0.1, 0.15) is 0 Å². The summed E-state index contributed by atoms with van der Waals surface area (Å²) in [5, 5.41) is 14.5. The van der Waals surface area contributed by atoms with Crippen molar-refractivity contribution in [1.82, 2.24) is 9.97 Å². The second kappa shape index (κ2) is 10.2. The van der Waals surface area contributed by atoms with Crippen molar-refractivity contribution >= 4 is 33.3 Å². The molecule has 44 heavy (non-hydrogen) atoms. The molecule has 6 aromatic carbocycles. The van der Waals surface area contributed by atoms with Crippen molar-refractivity contribution in [3.05, 3.63) is 144 Å². The summed E-state index contributed by atoms with van der Waals surface area (Å²) in [5.41, 5.74) is 7.70. The van der Waals surface area contributed by atoms with Crippen molar-refractivity contribution in [2.24, 2.45) is 0 Å². The minimum Gasteiger partial charge on any atom is -0.228 e. The molecule has 2 heterocycles. The van der Waals surface area contributed by atoms with Crippen molar-refractivity contribution in [2.45, 2.75) is 29.1 Å². The van der Waals surface area contributed by atoms with Crippen molar-refractivity contribution < 1.29 is 0 Å². The van der Waals surface area contributed by atoms with Crippen molar-refractivity contribution in [1.29, 1.82) is 5.26 Å². The molecule has 3 nitrogen and oxygen atoms in total. The molecule has 0 radical (unpaired) electrons. The summed E-state index contributed by atoms with van der Waals surface area (Å²) >= 11 is 1.77. The Balaban J connectivity index is 1.29. The van der Waals surface area contributed by atoms with Gasteiger partial charge in [-0.25, -0.2) is 9.97 Å². The standard InChI is InChI=1S/C40H27N3S/c1-40(2)33-20-25(24-41)12-18-37(33)44-38-19-16-30(22-34(38)40)36-23-35(42-39(43-36)27-9-4-3-5-10-27)29-15-17-32-28(21-29)14-13-26-8-6-7-11-31(26)32/h3-23H,1-2H3. The molecule has 8 rings (SSSR count). The zero-order valence-corrected chi connectivity index (χ0v) is 25.2. The maximum Gasteiger partial charge on any atom is 0.160 e. The fraction of sp³-hybridized carbons (Fsp3) is 0.0750. The highest BCUT2D eigenvalue weighted by molar-refractivity contribution is 7.99. The van der Waals surface area contributed by atoms with Crippen molar-refractivity contribution in [3.8, 4) is 40.0 Å². The van der Waals surface area contributed by atoms with Gasteiger partial charge in [-0.1, -0.05) is 111 Å². The van der Waals surface area contributed by atoms with Crippen LogP contribution in [0.1, 0.15) is 30.5 Å². The van der Waals surface area contributed by atoms with Gasteiger partial charge < -0.3 is 0 Å². The van der Waals surface area contributed by atoms with Crippen LogP contribution in [0.4, 0.5) is 0 Å². The van der Waals surface area contributed by atoms with Gasteiger partial charge >= 0.3 is 0 Å². The van der Waals surface area contributed by atoms with E-state index in [1.54, 1.807) is 11.8 Å². The van der Waals surface area contributed by atoms with Gasteiger partial charge in [0.25, 0.3) is 0 Å². The fourth-order valence-electron chi connectivity index (χ4n) is 6.34. The third-order valence-electron chi connectivity index (χ3n) is 8.75. The summed E-state index contributed by atoms with van der Waals surface area (Å²) in [6.45, 7) is 4.49. The Hall–Kier alpha value is -5.24. The van der Waals surface area contributed by atoms with Crippen LogP contribution >= 0.6 is 11.8 Å². The maximum atomic E-state index is 9.57. The highest BCUT2D eigenvalue weighted by Gasteiger charge is 2.33. The Bertz CT molecular complexity index is 2300. The first-order valence-electron chi connectivity index (χ1n) is 14.7. The number of fused-ring (bicyclic) bond motifs is 5. The van der Waals surface area contributed by atoms with E-state index in [9.17, 15) is 5.26 Å². The SMILES string of the molecule is CC1(C)c2cc(C#N)ccc2Sc2ccc(-c3cc(-c4ccc5c(ccc6ccccc65)c4)nc(-c4ccccc4)n3)cc21. The molecule has 0 N–H and O–H groups in total. The van der Waals surface area contributed by atoms with Crippen LogP contribution in [-0.2, 0) is 5.41 Å². The van der Waals surface area contributed by atoms with E-state index in [4.69, 9.17) is 9.97 Å². The predicted molar refractivity (Wildman–Crippen MR) is 181 cm³/mol. The topological polar surface area (TPSA) is 49.6 Å². The molecule has 1 aromatic heterocycles. The summed E-state index contributed by atoms with van der Waals surface area (Å²) in [6.07, 6.45) is 0. The molecule has 0 saturated carbocycles. The van der Waals surface area contributed by atoms with E-state index in [1.807, 2.05) is 30.3 Å². The van der Waals surface area contributed by atoms with Crippen molar-refractivity contribution in [3.63, 3.8) is 0 Å². The molecule has 1 aliphatic heterocycles. The normalized spacial score (nSPS) is 13.3. The summed E-state index contributed by atoms with van der Waals surface area (Å²) in [6, 6.07) is 46.8. The lowest BCUT2D eigenvalue weighted by molar-refractivity contribution is 0.607. The minimum atomic E-state index is -0.266. The van der Waals surface area contributed by atoms with E-state index in [0.717, 1.165) is 28.1 Å². The lowest BCUT2D eigenvalue weighted by Crippen LogP contribution is -2.24. The molecule has 208 valence electrons. The monoisotopic (exact) mass is 581 g/mol. The zero-order valence-electron chi connectivity index (χ0n) is 24.4. The molecule has 7 aromatic rings. The predicted octanol–water partition coefficient (Wildman–Crippen LogP) is 10.4. The van der Waals surface area contributed by atoms with E-state index >= 15 is 0 Å². The number of hydrogen-bond acceptors (Lipinski definition) is 4. The van der Waals surface area contributed by atoms with Crippen LogP contribution < -0.4 is 0 Å². The van der Waals surface area contributed by atoms with Gasteiger partial charge in [-0.3, -0.25) is 0 Å². The van der Waals surface area contributed by atoms with E-state index in [2.05, 4.69) is 117 Å². The van der Waals surface area contributed by atoms with Gasteiger partial charge in [0.2, 0.25) is 0 Å². The second-order valence-electron chi connectivity index (χ2n) is 11.8. The van der Waals surface area contributed by atoms with E-state index in [0.29, 0.717) is 11.4 Å². The minimum absolute atomic E-state index is 0.266. The quantitative estimate of drug-likeness (QED) is 0.195. The largest absolute Gasteiger partial charge is 0.228 e. The van der Waals surface area contributed by atoms with Crippen LogP contribution in [0, 0.1) is 11.3 Å². The molecule has 0 amide bonds. The molecular formula is C40H27N3S. The smallest absolute Gasteiger partial charge is 0.160 e. The number of benzene rings is 6. The van der Waals surface area contributed by atoms with Crippen LogP contribution in [0.5, 0.6) is 0 Å². The number of rotatable bonds is 3. The maximum absolute atomic E-state index is 9.57. The van der Waals surface area contributed by atoms with E-state index in [1.165, 1.54) is 42.5 Å². The van der Waals surface area contributed by atoms with Gasteiger partial charge in [-0.15, -0.1) is 0 Å². The Labute approximate surface area is 260 Å². The van der Waals surface area contributed by atoms with Gasteiger partial charge in [-0.2, -0.15) is 5.26 Å². The van der Waals surface area contributed by atoms with Crippen LogP contribution in [0.15, 0.2) is 137 Å². The number of nitrogens with zero attached hydrogens (tertiary/aromatic N) is 3. The first kappa shape index (κ1) is 26.4. The number of aromatic nitrogens is 2. The lowest BCUT2D eigenvalue weighted by atomic mass is 9.76. The average Bonchev–Trinajstić information content (AvgIpc) is 3.08. The second-order valence-corrected chi connectivity index (χ2v) is 12.9. The highest BCUT2D eigenvalue weighted by atomic mass is 32.2. The molecule has 0 saturated heterocycles. The average molecular weight is 582 g/mol. The summed E-state index contributed by atoms with van der Waals surface area (Å²) < 4.78 is 0. The van der Waals surface area contributed by atoms with Crippen molar-refractivity contribution in [2.75, 3.05) is 0 Å². The molecule has 0 spiro atoms. The van der Waals surface area contributed by atoms with Crippen LogP contribution in [0.2, 0.25) is 0 Å². The molecular weight excluding hydrogens is 555 g/mol. The Morgan fingerprint density at radius 2 is 1.20 bits per heavy atom. The Morgan fingerprint density at radius 3 is 2.00 bits per heavy atom. The summed E-state index contributed by atoms with van der Waals surface area (Å²) in [7, 11) is 0. The number of hydrogen-bond donors (Lipinski definition) is 0. The van der Waals surface area contributed by atoms with Crippen LogP contribution in [-0.4, -0.2) is 9.97 Å². The van der Waals surface area contributed by atoms with E-state index < -0.39 is 0 Å². The van der Waals surface area contributed by atoms with Gasteiger partial charge in [0, 0.05) is 31.9 Å². The van der Waals surface area contributed by atoms with Gasteiger partial charge in [-0.05, 0) is 75.1 Å². The van der Waals surface area contributed by atoms with E-state index in [-0.39, 0.29) is 5.41 Å². The van der Waals surface area contributed by atoms with Gasteiger partial charge in [0.15, 0.2) is 5.82 Å². The lowest BCUT2D eigenvalue weighted by Gasteiger charge is -2.35. The summed E-state index contributed by atoms with van der Waals surface area (Å²) in [5.74, 6) is 0.701. The molecule has 1 aliphatic rings. The first-order valence-corrected chi connectivity index (χ1v) is 15.5. The molecule has 0 fully saturated rings. The van der Waals surface area contributed by atoms with Crippen LogP contribution in [0.3, 0.4) is 0 Å².